The molecular formula is C36H30N4O4. The van der Waals surface area contributed by atoms with E-state index in [4.69, 9.17) is 0 Å². The number of hydrogen-bond acceptors (Lipinski definition) is 6. The van der Waals surface area contributed by atoms with E-state index in [0.717, 1.165) is 0 Å². The van der Waals surface area contributed by atoms with Gasteiger partial charge < -0.3 is 10.2 Å². The third kappa shape index (κ3) is 6.37. The molecule has 0 aliphatic rings. The number of carbonyl (C=O) groups is 2. The Balaban J connectivity index is 1.24. The lowest BCUT2D eigenvalue weighted by Gasteiger charge is -2.27. The largest absolute Gasteiger partial charge is 0.372 e. The van der Waals surface area contributed by atoms with Gasteiger partial charge in [-0.3, -0.25) is 9.59 Å². The molecule has 0 aromatic heterocycles. The van der Waals surface area contributed by atoms with Crippen molar-refractivity contribution in [2.75, 3.05) is 0 Å². The van der Waals surface area contributed by atoms with Crippen molar-refractivity contribution in [3.63, 3.8) is 0 Å². The lowest BCUT2D eigenvalue weighted by molar-refractivity contribution is -0.137. The van der Waals surface area contributed by atoms with Gasteiger partial charge in [-0.1, -0.05) is 146 Å². The Morgan fingerprint density at radius 2 is 0.705 bits per heavy atom. The number of rotatable bonds is 10. The number of nitrogens with one attached hydrogen (secondary N) is 2. The van der Waals surface area contributed by atoms with Gasteiger partial charge in [-0.05, 0) is 33.4 Å². The maximum absolute atomic E-state index is 13.2. The standard InChI is InChI=1S/C36H30N4O4/c41-33(35(43,29-13-5-1-6-14-29)30-15-7-2-8-16-30)39-37-25-27-21-23-28(24-22-27)26-38-40-34(42)36(44,31-17-9-3-10-18-31)32-19-11-4-12-20-32/h1-26,43-44H,(H,39,41)(H,40,42). The van der Waals surface area contributed by atoms with Crippen LogP contribution in [0.5, 0.6) is 0 Å². The van der Waals surface area contributed by atoms with Crippen LogP contribution < -0.4 is 10.9 Å². The third-order valence-corrected chi connectivity index (χ3v) is 7.12. The molecule has 5 aromatic rings. The minimum absolute atomic E-state index is 0.417. The molecule has 44 heavy (non-hydrogen) atoms. The topological polar surface area (TPSA) is 123 Å². The Morgan fingerprint density at radius 3 is 0.955 bits per heavy atom. The van der Waals surface area contributed by atoms with E-state index in [-0.39, 0.29) is 0 Å². The molecule has 2 amide bonds. The molecule has 8 nitrogen and oxygen atoms in total. The summed E-state index contributed by atoms with van der Waals surface area (Å²) in [5.74, 6) is -1.40. The molecule has 218 valence electrons. The van der Waals surface area contributed by atoms with Gasteiger partial charge >= 0.3 is 0 Å². The van der Waals surface area contributed by atoms with Crippen molar-refractivity contribution in [1.82, 2.24) is 10.9 Å². The lowest BCUT2D eigenvalue weighted by Crippen LogP contribution is -2.43. The second kappa shape index (κ2) is 13.5. The summed E-state index contributed by atoms with van der Waals surface area (Å²) in [5, 5.41) is 31.1. The number of benzene rings is 5. The van der Waals surface area contributed by atoms with Crippen LogP contribution in [0.15, 0.2) is 156 Å². The van der Waals surface area contributed by atoms with Gasteiger partial charge in [0.05, 0.1) is 12.4 Å². The maximum atomic E-state index is 13.2. The fourth-order valence-corrected chi connectivity index (χ4v) is 4.74. The van der Waals surface area contributed by atoms with E-state index in [9.17, 15) is 19.8 Å². The number of nitrogens with zero attached hydrogens (tertiary/aromatic N) is 2. The summed E-state index contributed by atoms with van der Waals surface area (Å²) in [4.78, 5) is 26.4. The van der Waals surface area contributed by atoms with Crippen LogP contribution in [0, 0.1) is 0 Å². The van der Waals surface area contributed by atoms with E-state index in [1.165, 1.54) is 12.4 Å². The van der Waals surface area contributed by atoms with Crippen molar-refractivity contribution in [2.45, 2.75) is 11.2 Å². The smallest absolute Gasteiger partial charge is 0.281 e. The Hall–Kier alpha value is -5.70. The Bertz CT molecular complexity index is 1530. The van der Waals surface area contributed by atoms with Crippen LogP contribution in [0.1, 0.15) is 33.4 Å². The molecule has 0 fully saturated rings. The van der Waals surface area contributed by atoms with Gasteiger partial charge in [-0.2, -0.15) is 10.2 Å². The molecule has 5 aromatic carbocycles. The molecule has 0 atom stereocenters. The van der Waals surface area contributed by atoms with Gasteiger partial charge in [-0.15, -0.1) is 0 Å². The molecule has 0 saturated carbocycles. The highest BCUT2D eigenvalue weighted by atomic mass is 16.3. The van der Waals surface area contributed by atoms with Gasteiger partial charge in [0, 0.05) is 0 Å². The van der Waals surface area contributed by atoms with Gasteiger partial charge in [0.1, 0.15) is 0 Å². The average molecular weight is 583 g/mol. The monoisotopic (exact) mass is 582 g/mol. The summed E-state index contributed by atoms with van der Waals surface area (Å²) in [6.07, 6.45) is 2.91. The summed E-state index contributed by atoms with van der Waals surface area (Å²) in [5.41, 5.74) is 4.07. The molecule has 4 N–H and O–H groups in total. The highest BCUT2D eigenvalue weighted by Gasteiger charge is 2.40. The van der Waals surface area contributed by atoms with Crippen molar-refractivity contribution in [3.05, 3.63) is 179 Å². The second-order valence-corrected chi connectivity index (χ2v) is 9.95. The first-order chi connectivity index (χ1) is 21.4. The number of aliphatic hydroxyl groups is 2. The molecule has 0 heterocycles. The predicted molar refractivity (Wildman–Crippen MR) is 170 cm³/mol. The van der Waals surface area contributed by atoms with Crippen molar-refractivity contribution in [3.8, 4) is 0 Å². The Morgan fingerprint density at radius 1 is 0.455 bits per heavy atom. The maximum Gasteiger partial charge on any atom is 0.281 e. The average Bonchev–Trinajstić information content (AvgIpc) is 3.09. The first kappa shape index (κ1) is 29.8. The molecule has 0 spiro atoms. The van der Waals surface area contributed by atoms with Crippen molar-refractivity contribution in [1.29, 1.82) is 0 Å². The van der Waals surface area contributed by atoms with Crippen molar-refractivity contribution >= 4 is 24.2 Å². The summed E-state index contributed by atoms with van der Waals surface area (Å²) in [6.45, 7) is 0. The molecule has 0 radical (unpaired) electrons. The molecule has 0 bridgehead atoms. The normalized spacial score (nSPS) is 11.9. The van der Waals surface area contributed by atoms with E-state index in [2.05, 4.69) is 21.1 Å². The first-order valence-corrected chi connectivity index (χ1v) is 13.9. The lowest BCUT2D eigenvalue weighted by atomic mass is 9.85. The molecule has 0 aliphatic carbocycles. The van der Waals surface area contributed by atoms with Gasteiger partial charge in [-0.25, -0.2) is 10.9 Å². The zero-order valence-electron chi connectivity index (χ0n) is 23.6. The predicted octanol–water partition coefficient (Wildman–Crippen LogP) is 4.46. The highest BCUT2D eigenvalue weighted by Crippen LogP contribution is 2.31. The molecular weight excluding hydrogens is 552 g/mol. The summed E-state index contributed by atoms with van der Waals surface area (Å²) >= 11 is 0. The van der Waals surface area contributed by atoms with Gasteiger partial charge in [0.15, 0.2) is 11.2 Å². The number of hydrogen-bond donors (Lipinski definition) is 4. The molecule has 0 saturated heterocycles. The quantitative estimate of drug-likeness (QED) is 0.143. The Kier molecular flexibility index (Phi) is 9.15. The summed E-state index contributed by atoms with van der Waals surface area (Å²) in [6, 6.07) is 41.7. The van der Waals surface area contributed by atoms with Crippen LogP contribution in [0.4, 0.5) is 0 Å². The van der Waals surface area contributed by atoms with Crippen LogP contribution in [-0.4, -0.2) is 34.5 Å². The molecule has 5 rings (SSSR count). The fourth-order valence-electron chi connectivity index (χ4n) is 4.74. The molecule has 0 unspecified atom stereocenters. The van der Waals surface area contributed by atoms with Crippen LogP contribution in [-0.2, 0) is 20.8 Å². The van der Waals surface area contributed by atoms with E-state index in [1.54, 1.807) is 121 Å². The van der Waals surface area contributed by atoms with Gasteiger partial charge in [0.2, 0.25) is 0 Å². The summed E-state index contributed by atoms with van der Waals surface area (Å²) in [7, 11) is 0. The SMILES string of the molecule is O=C(NN=Cc1ccc(C=NNC(=O)C(O)(c2ccccc2)c2ccccc2)cc1)C(O)(c1ccccc1)c1ccccc1. The molecule has 8 heteroatoms. The van der Waals surface area contributed by atoms with E-state index in [1.807, 2.05) is 24.3 Å². The van der Waals surface area contributed by atoms with Crippen LogP contribution in [0.2, 0.25) is 0 Å². The Labute approximate surface area is 255 Å². The van der Waals surface area contributed by atoms with Crippen molar-refractivity contribution < 1.29 is 19.8 Å². The minimum Gasteiger partial charge on any atom is -0.372 e. The first-order valence-electron chi connectivity index (χ1n) is 13.9. The number of amides is 2. The zero-order valence-corrected chi connectivity index (χ0v) is 23.6. The minimum atomic E-state index is -1.93. The third-order valence-electron chi connectivity index (χ3n) is 7.12. The summed E-state index contributed by atoms with van der Waals surface area (Å²) < 4.78 is 0. The fraction of sp³-hybridized carbons (Fsp3) is 0.0556. The van der Waals surface area contributed by atoms with Crippen molar-refractivity contribution in [2.24, 2.45) is 10.2 Å². The second-order valence-electron chi connectivity index (χ2n) is 9.95. The van der Waals surface area contributed by atoms with E-state index >= 15 is 0 Å². The van der Waals surface area contributed by atoms with Crippen LogP contribution in [0.3, 0.4) is 0 Å². The van der Waals surface area contributed by atoms with Gasteiger partial charge in [0.25, 0.3) is 11.8 Å². The highest BCUT2D eigenvalue weighted by molar-refractivity contribution is 5.92. The van der Waals surface area contributed by atoms with E-state index < -0.39 is 23.0 Å². The number of hydrazone groups is 2. The van der Waals surface area contributed by atoms with Crippen LogP contribution in [0.25, 0.3) is 0 Å². The van der Waals surface area contributed by atoms with E-state index in [0.29, 0.717) is 33.4 Å². The zero-order chi connectivity index (χ0) is 30.8. The van der Waals surface area contributed by atoms with Crippen LogP contribution >= 0.6 is 0 Å². The molecule has 0 aliphatic heterocycles. The number of carbonyl (C=O) groups excluding carboxylic acids is 2.